The number of likely N-dealkylation sites (tertiary alicyclic amines) is 1. The minimum absolute atomic E-state index is 0.105. The molecule has 0 unspecified atom stereocenters. The van der Waals surface area contributed by atoms with Gasteiger partial charge in [-0.15, -0.1) is 0 Å². The van der Waals surface area contributed by atoms with Gasteiger partial charge in [0.1, 0.15) is 0 Å². The molecule has 1 aromatic heterocycles. The van der Waals surface area contributed by atoms with Crippen LogP contribution in [0.15, 0.2) is 24.4 Å². The van der Waals surface area contributed by atoms with Crippen LogP contribution in [0.3, 0.4) is 0 Å². The van der Waals surface area contributed by atoms with Gasteiger partial charge in [0.15, 0.2) is 5.67 Å². The number of rotatable bonds is 7. The standard InChI is InChI=1S/C25H35FN4O4S/c1-35(32,33)29-23-9-12-30(24(31)25(26)10-2-11-25)15-20(23)16-34-21-6-3-17(4-7-21)18-5-8-22-19(13-18)14-27-28-22/h5,8,13-14,17,20-21,23,29H,2-4,6-7,9-12,15-16H2,1H3,(H,27,28)/t17?,20-,21?,23-/m0/s1. The van der Waals surface area contributed by atoms with Crippen LogP contribution in [0.25, 0.3) is 10.9 Å². The van der Waals surface area contributed by atoms with Gasteiger partial charge < -0.3 is 9.64 Å². The first-order valence-corrected chi connectivity index (χ1v) is 14.6. The molecule has 10 heteroatoms. The van der Waals surface area contributed by atoms with Gasteiger partial charge in [0.2, 0.25) is 10.0 Å². The molecule has 1 amide bonds. The Labute approximate surface area is 206 Å². The molecule has 0 spiro atoms. The van der Waals surface area contributed by atoms with Crippen molar-refractivity contribution in [3.63, 3.8) is 0 Å². The predicted molar refractivity (Wildman–Crippen MR) is 131 cm³/mol. The molecule has 1 saturated heterocycles. The summed E-state index contributed by atoms with van der Waals surface area (Å²) < 4.78 is 47.6. The number of piperidine rings is 1. The van der Waals surface area contributed by atoms with E-state index in [1.165, 1.54) is 5.56 Å². The molecule has 2 aromatic rings. The number of hydrogen-bond acceptors (Lipinski definition) is 5. The van der Waals surface area contributed by atoms with Gasteiger partial charge in [-0.1, -0.05) is 6.07 Å². The van der Waals surface area contributed by atoms with Crippen LogP contribution in [0, 0.1) is 5.92 Å². The zero-order valence-electron chi connectivity index (χ0n) is 20.2. The number of carbonyl (C=O) groups excluding carboxylic acids is 1. The Morgan fingerprint density at radius 3 is 2.71 bits per heavy atom. The largest absolute Gasteiger partial charge is 0.378 e. The number of aromatic nitrogens is 2. The summed E-state index contributed by atoms with van der Waals surface area (Å²) in [7, 11) is -3.40. The van der Waals surface area contributed by atoms with Crippen LogP contribution >= 0.6 is 0 Å². The Kier molecular flexibility index (Phi) is 6.89. The number of alkyl halides is 1. The summed E-state index contributed by atoms with van der Waals surface area (Å²) in [6.07, 6.45) is 8.79. The van der Waals surface area contributed by atoms with E-state index in [0.717, 1.165) is 49.3 Å². The number of H-pyrrole nitrogens is 1. The SMILES string of the molecule is CS(=O)(=O)N[C@H]1CCN(C(=O)C2(F)CCC2)C[C@H]1COC1CCC(c2ccc3[nH]ncc3c2)CC1. The van der Waals surface area contributed by atoms with Gasteiger partial charge in [-0.05, 0) is 75.0 Å². The van der Waals surface area contributed by atoms with Crippen molar-refractivity contribution in [1.82, 2.24) is 19.8 Å². The summed E-state index contributed by atoms with van der Waals surface area (Å²) >= 11 is 0. The first-order chi connectivity index (χ1) is 16.7. The first kappa shape index (κ1) is 24.6. The third kappa shape index (κ3) is 5.54. The molecular weight excluding hydrogens is 471 g/mol. The quantitative estimate of drug-likeness (QED) is 0.600. The van der Waals surface area contributed by atoms with Crippen molar-refractivity contribution in [1.29, 1.82) is 0 Å². The van der Waals surface area contributed by atoms with Crippen molar-refractivity contribution in [2.75, 3.05) is 26.0 Å². The van der Waals surface area contributed by atoms with E-state index in [4.69, 9.17) is 4.74 Å². The van der Waals surface area contributed by atoms with Crippen LogP contribution in [0.4, 0.5) is 4.39 Å². The number of ether oxygens (including phenoxy) is 1. The molecule has 1 aromatic carbocycles. The zero-order chi connectivity index (χ0) is 24.6. The number of amides is 1. The second-order valence-electron chi connectivity index (χ2n) is 10.6. The molecule has 0 radical (unpaired) electrons. The smallest absolute Gasteiger partial charge is 0.260 e. The third-order valence-corrected chi connectivity index (χ3v) is 8.80. The number of carbonyl (C=O) groups is 1. The highest BCUT2D eigenvalue weighted by Gasteiger charge is 2.48. The number of nitrogens with one attached hydrogen (secondary N) is 2. The molecule has 0 bridgehead atoms. The number of sulfonamides is 1. The van der Waals surface area contributed by atoms with E-state index in [9.17, 15) is 17.6 Å². The maximum Gasteiger partial charge on any atom is 0.260 e. The first-order valence-electron chi connectivity index (χ1n) is 12.7. The third-order valence-electron chi connectivity index (χ3n) is 8.07. The van der Waals surface area contributed by atoms with Crippen molar-refractivity contribution >= 4 is 26.8 Å². The maximum absolute atomic E-state index is 14.8. The lowest BCUT2D eigenvalue weighted by Crippen LogP contribution is -2.58. The lowest BCUT2D eigenvalue weighted by Gasteiger charge is -2.43. The van der Waals surface area contributed by atoms with Crippen LogP contribution in [0.1, 0.15) is 62.8 Å². The number of nitrogens with zero attached hydrogens (tertiary/aromatic N) is 2. The molecule has 8 nitrogen and oxygen atoms in total. The van der Waals surface area contributed by atoms with Crippen LogP contribution in [-0.4, -0.2) is 73.2 Å². The summed E-state index contributed by atoms with van der Waals surface area (Å²) in [6, 6.07) is 6.14. The Hall–Kier alpha value is -2.04. The number of hydrogen-bond donors (Lipinski definition) is 2. The van der Waals surface area contributed by atoms with E-state index in [0.29, 0.717) is 32.0 Å². The van der Waals surface area contributed by atoms with Crippen molar-refractivity contribution < 1.29 is 22.3 Å². The van der Waals surface area contributed by atoms with Crippen LogP contribution in [-0.2, 0) is 19.6 Å². The van der Waals surface area contributed by atoms with E-state index in [-0.39, 0.29) is 30.9 Å². The fraction of sp³-hybridized carbons (Fsp3) is 0.680. The van der Waals surface area contributed by atoms with E-state index in [1.807, 2.05) is 6.20 Å². The molecule has 2 atom stereocenters. The van der Waals surface area contributed by atoms with Gasteiger partial charge in [-0.2, -0.15) is 5.10 Å². The number of fused-ring (bicyclic) bond motifs is 1. The summed E-state index contributed by atoms with van der Waals surface area (Å²) in [4.78, 5) is 14.3. The van der Waals surface area contributed by atoms with Crippen LogP contribution in [0.2, 0.25) is 0 Å². The Balaban J connectivity index is 1.17. The minimum Gasteiger partial charge on any atom is -0.378 e. The van der Waals surface area contributed by atoms with Crippen LogP contribution in [0.5, 0.6) is 0 Å². The summed E-state index contributed by atoms with van der Waals surface area (Å²) in [5.74, 6) is -0.159. The molecule has 5 rings (SSSR count). The molecule has 1 aliphatic heterocycles. The van der Waals surface area contributed by atoms with Gasteiger partial charge in [-0.3, -0.25) is 9.89 Å². The summed E-state index contributed by atoms with van der Waals surface area (Å²) in [6.45, 7) is 1.03. The molecule has 3 fully saturated rings. The van der Waals surface area contributed by atoms with Crippen molar-refractivity contribution in [3.05, 3.63) is 30.0 Å². The number of halogens is 1. The topological polar surface area (TPSA) is 104 Å². The molecule has 2 aliphatic carbocycles. The van der Waals surface area contributed by atoms with Crippen LogP contribution < -0.4 is 4.72 Å². The summed E-state index contributed by atoms with van der Waals surface area (Å²) in [5, 5.41) is 8.21. The Morgan fingerprint density at radius 2 is 2.03 bits per heavy atom. The van der Waals surface area contributed by atoms with E-state index >= 15 is 0 Å². The highest BCUT2D eigenvalue weighted by atomic mass is 32.2. The normalized spacial score (nSPS) is 29.1. The maximum atomic E-state index is 14.8. The molecule has 3 aliphatic rings. The number of aromatic amines is 1. The summed E-state index contributed by atoms with van der Waals surface area (Å²) in [5.41, 5.74) is 0.631. The monoisotopic (exact) mass is 506 g/mol. The van der Waals surface area contributed by atoms with Crippen molar-refractivity contribution in [2.24, 2.45) is 5.92 Å². The average Bonchev–Trinajstić information content (AvgIpc) is 3.29. The Morgan fingerprint density at radius 1 is 1.26 bits per heavy atom. The van der Waals surface area contributed by atoms with E-state index in [1.54, 1.807) is 4.90 Å². The van der Waals surface area contributed by atoms with Gasteiger partial charge in [-0.25, -0.2) is 17.5 Å². The fourth-order valence-corrected chi connectivity index (χ4v) is 6.70. The highest BCUT2D eigenvalue weighted by Crippen LogP contribution is 2.39. The fourth-order valence-electron chi connectivity index (χ4n) is 5.84. The van der Waals surface area contributed by atoms with Gasteiger partial charge in [0.05, 0.1) is 30.7 Å². The van der Waals surface area contributed by atoms with Crippen molar-refractivity contribution in [3.8, 4) is 0 Å². The zero-order valence-corrected chi connectivity index (χ0v) is 21.0. The Bertz CT molecular complexity index is 1160. The lowest BCUT2D eigenvalue weighted by atomic mass is 9.80. The molecule has 2 heterocycles. The second-order valence-corrected chi connectivity index (χ2v) is 12.4. The number of benzene rings is 1. The lowest BCUT2D eigenvalue weighted by molar-refractivity contribution is -0.153. The van der Waals surface area contributed by atoms with Gasteiger partial charge in [0, 0.05) is 30.4 Å². The molecule has 2 saturated carbocycles. The molecular formula is C25H35FN4O4S. The molecule has 35 heavy (non-hydrogen) atoms. The average molecular weight is 507 g/mol. The molecule has 192 valence electrons. The van der Waals surface area contributed by atoms with E-state index < -0.39 is 21.6 Å². The molecule has 2 N–H and O–H groups in total. The van der Waals surface area contributed by atoms with Crippen molar-refractivity contribution in [2.45, 2.75) is 75.1 Å². The van der Waals surface area contributed by atoms with E-state index in [2.05, 4.69) is 33.1 Å². The second kappa shape index (κ2) is 9.78. The van der Waals surface area contributed by atoms with Gasteiger partial charge >= 0.3 is 0 Å². The predicted octanol–water partition coefficient (Wildman–Crippen LogP) is 3.26. The van der Waals surface area contributed by atoms with Gasteiger partial charge in [0.25, 0.3) is 5.91 Å². The highest BCUT2D eigenvalue weighted by molar-refractivity contribution is 7.88. The minimum atomic E-state index is -3.40.